The van der Waals surface area contributed by atoms with Crippen LogP contribution in [0.5, 0.6) is 0 Å². The third-order valence-electron chi connectivity index (χ3n) is 4.94. The summed E-state index contributed by atoms with van der Waals surface area (Å²) in [7, 11) is -1.99. The lowest BCUT2D eigenvalue weighted by Gasteiger charge is -2.26. The number of ether oxygens (including phenoxy) is 1. The summed E-state index contributed by atoms with van der Waals surface area (Å²) in [6.07, 6.45) is 5.07. The first-order valence-electron chi connectivity index (χ1n) is 8.96. The summed E-state index contributed by atoms with van der Waals surface area (Å²) in [5, 5.41) is 0. The van der Waals surface area contributed by atoms with Gasteiger partial charge in [-0.25, -0.2) is 8.42 Å². The minimum absolute atomic E-state index is 0.0173. The minimum Gasteiger partial charge on any atom is -0.377 e. The van der Waals surface area contributed by atoms with Crippen molar-refractivity contribution in [2.45, 2.75) is 43.1 Å². The number of carbonyl (C=O) groups is 1. The lowest BCUT2D eigenvalue weighted by Crippen LogP contribution is -2.35. The molecule has 0 saturated carbocycles. The van der Waals surface area contributed by atoms with Gasteiger partial charge < -0.3 is 9.64 Å². The molecule has 0 unspecified atom stereocenters. The fraction of sp³-hybridized carbons (Fsp3) is 0.611. The highest BCUT2D eigenvalue weighted by molar-refractivity contribution is 7.89. The molecule has 0 spiro atoms. The molecule has 2 heterocycles. The molecular weight excluding hydrogens is 340 g/mol. The van der Waals surface area contributed by atoms with E-state index >= 15 is 0 Å². The lowest BCUT2D eigenvalue weighted by atomic mass is 10.1. The number of amides is 1. The van der Waals surface area contributed by atoms with Crippen molar-refractivity contribution in [3.63, 3.8) is 0 Å². The predicted octanol–water partition coefficient (Wildman–Crippen LogP) is 2.11. The van der Waals surface area contributed by atoms with Crippen LogP contribution in [-0.2, 0) is 14.8 Å². The van der Waals surface area contributed by atoms with Gasteiger partial charge >= 0.3 is 0 Å². The van der Waals surface area contributed by atoms with E-state index in [4.69, 9.17) is 4.74 Å². The molecule has 1 aromatic rings. The zero-order chi connectivity index (χ0) is 17.9. The average molecular weight is 366 g/mol. The molecule has 25 heavy (non-hydrogen) atoms. The standard InChI is InChI=1S/C18H26N2O4S/c1-19(14-16-6-5-13-24-16)25(22,23)17-9-7-15(8-10-17)18(21)20-11-3-2-4-12-20/h7-10,16H,2-6,11-14H2,1H3/t16-/m0/s1. The first kappa shape index (κ1) is 18.4. The number of nitrogens with zero attached hydrogens (tertiary/aromatic N) is 2. The molecule has 0 bridgehead atoms. The Balaban J connectivity index is 1.68. The van der Waals surface area contributed by atoms with Crippen LogP contribution in [0.15, 0.2) is 29.2 Å². The highest BCUT2D eigenvalue weighted by Gasteiger charge is 2.26. The van der Waals surface area contributed by atoms with E-state index in [-0.39, 0.29) is 16.9 Å². The fourth-order valence-electron chi connectivity index (χ4n) is 3.40. The van der Waals surface area contributed by atoms with Crippen LogP contribution in [0.25, 0.3) is 0 Å². The number of piperidine rings is 1. The van der Waals surface area contributed by atoms with Gasteiger partial charge in [0.25, 0.3) is 5.91 Å². The molecule has 1 atom stereocenters. The molecule has 2 saturated heterocycles. The van der Waals surface area contributed by atoms with Crippen molar-refractivity contribution in [1.29, 1.82) is 0 Å². The maximum absolute atomic E-state index is 12.7. The first-order valence-corrected chi connectivity index (χ1v) is 10.4. The Morgan fingerprint density at radius 3 is 2.44 bits per heavy atom. The van der Waals surface area contributed by atoms with Gasteiger partial charge in [0.15, 0.2) is 0 Å². The Hall–Kier alpha value is -1.44. The number of hydrogen-bond acceptors (Lipinski definition) is 4. The SMILES string of the molecule is CN(C[C@@H]1CCCO1)S(=O)(=O)c1ccc(C(=O)N2CCCCC2)cc1. The molecule has 2 fully saturated rings. The molecule has 0 N–H and O–H groups in total. The minimum atomic E-state index is -3.57. The Kier molecular flexibility index (Phi) is 5.76. The summed E-state index contributed by atoms with van der Waals surface area (Å²) in [5.74, 6) is -0.0173. The van der Waals surface area contributed by atoms with E-state index in [9.17, 15) is 13.2 Å². The molecule has 2 aliphatic heterocycles. The van der Waals surface area contributed by atoms with E-state index in [0.29, 0.717) is 18.7 Å². The van der Waals surface area contributed by atoms with Crippen molar-refractivity contribution in [2.24, 2.45) is 0 Å². The first-order chi connectivity index (χ1) is 12.0. The Labute approximate surface area is 149 Å². The van der Waals surface area contributed by atoms with Gasteiger partial charge in [0, 0.05) is 38.9 Å². The molecular formula is C18H26N2O4S. The van der Waals surface area contributed by atoms with E-state index in [1.165, 1.54) is 16.4 Å². The molecule has 1 amide bonds. The van der Waals surface area contributed by atoms with Gasteiger partial charge in [-0.05, 0) is 56.4 Å². The van der Waals surface area contributed by atoms with Gasteiger partial charge in [0.2, 0.25) is 10.0 Å². The second kappa shape index (κ2) is 7.85. The topological polar surface area (TPSA) is 66.9 Å². The summed E-state index contributed by atoms with van der Waals surface area (Å²) >= 11 is 0. The van der Waals surface area contributed by atoms with Crippen LogP contribution in [0.2, 0.25) is 0 Å². The summed E-state index contributed by atoms with van der Waals surface area (Å²) in [5.41, 5.74) is 0.544. The molecule has 0 aliphatic carbocycles. The van der Waals surface area contributed by atoms with Crippen LogP contribution in [0, 0.1) is 0 Å². The largest absolute Gasteiger partial charge is 0.377 e. The number of rotatable bonds is 5. The van der Waals surface area contributed by atoms with E-state index in [1.807, 2.05) is 4.90 Å². The van der Waals surface area contributed by atoms with Crippen molar-refractivity contribution in [3.05, 3.63) is 29.8 Å². The molecule has 0 radical (unpaired) electrons. The van der Waals surface area contributed by atoms with E-state index in [1.54, 1.807) is 19.2 Å². The average Bonchev–Trinajstić information content (AvgIpc) is 3.15. The molecule has 2 aliphatic rings. The number of benzene rings is 1. The zero-order valence-electron chi connectivity index (χ0n) is 14.7. The number of likely N-dealkylation sites (tertiary alicyclic amines) is 1. The van der Waals surface area contributed by atoms with Gasteiger partial charge in [0.05, 0.1) is 11.0 Å². The predicted molar refractivity (Wildman–Crippen MR) is 95.0 cm³/mol. The number of carbonyl (C=O) groups excluding carboxylic acids is 1. The van der Waals surface area contributed by atoms with Gasteiger partial charge in [-0.15, -0.1) is 0 Å². The second-order valence-electron chi connectivity index (χ2n) is 6.80. The van der Waals surface area contributed by atoms with Gasteiger partial charge in [0.1, 0.15) is 0 Å². The van der Waals surface area contributed by atoms with Gasteiger partial charge in [-0.3, -0.25) is 4.79 Å². The number of likely N-dealkylation sites (N-methyl/N-ethyl adjacent to an activating group) is 1. The van der Waals surface area contributed by atoms with Gasteiger partial charge in [-0.2, -0.15) is 4.31 Å². The van der Waals surface area contributed by atoms with Crippen molar-refractivity contribution in [1.82, 2.24) is 9.21 Å². The van der Waals surface area contributed by atoms with Crippen LogP contribution >= 0.6 is 0 Å². The van der Waals surface area contributed by atoms with Crippen LogP contribution in [-0.4, -0.2) is 62.9 Å². The zero-order valence-corrected chi connectivity index (χ0v) is 15.5. The van der Waals surface area contributed by atoms with Gasteiger partial charge in [-0.1, -0.05) is 0 Å². The van der Waals surface area contributed by atoms with E-state index in [2.05, 4.69) is 0 Å². The van der Waals surface area contributed by atoms with Crippen LogP contribution in [0.3, 0.4) is 0 Å². The van der Waals surface area contributed by atoms with Crippen LogP contribution in [0.1, 0.15) is 42.5 Å². The van der Waals surface area contributed by atoms with Crippen molar-refractivity contribution >= 4 is 15.9 Å². The lowest BCUT2D eigenvalue weighted by molar-refractivity contribution is 0.0724. The number of hydrogen-bond donors (Lipinski definition) is 0. The third kappa shape index (κ3) is 4.22. The summed E-state index contributed by atoms with van der Waals surface area (Å²) in [6.45, 7) is 2.62. The maximum Gasteiger partial charge on any atom is 0.253 e. The quantitative estimate of drug-likeness (QED) is 0.800. The summed E-state index contributed by atoms with van der Waals surface area (Å²) in [4.78, 5) is 14.5. The Morgan fingerprint density at radius 1 is 1.16 bits per heavy atom. The van der Waals surface area contributed by atoms with Crippen molar-refractivity contribution in [3.8, 4) is 0 Å². The van der Waals surface area contributed by atoms with Crippen LogP contribution < -0.4 is 0 Å². The molecule has 3 rings (SSSR count). The van der Waals surface area contributed by atoms with Crippen LogP contribution in [0.4, 0.5) is 0 Å². The molecule has 6 nitrogen and oxygen atoms in total. The van der Waals surface area contributed by atoms with E-state index in [0.717, 1.165) is 45.2 Å². The summed E-state index contributed by atoms with van der Waals surface area (Å²) in [6, 6.07) is 6.28. The monoisotopic (exact) mass is 366 g/mol. The molecule has 138 valence electrons. The smallest absolute Gasteiger partial charge is 0.253 e. The Morgan fingerprint density at radius 2 is 1.84 bits per heavy atom. The molecule has 7 heteroatoms. The number of sulfonamides is 1. The van der Waals surface area contributed by atoms with Crippen molar-refractivity contribution in [2.75, 3.05) is 33.3 Å². The normalized spacial score (nSPS) is 21.7. The fourth-order valence-corrected chi connectivity index (χ4v) is 4.60. The third-order valence-corrected chi connectivity index (χ3v) is 6.78. The maximum atomic E-state index is 12.7. The summed E-state index contributed by atoms with van der Waals surface area (Å²) < 4.78 is 32.2. The van der Waals surface area contributed by atoms with E-state index < -0.39 is 10.0 Å². The Bertz CT molecular complexity index is 690. The second-order valence-corrected chi connectivity index (χ2v) is 8.84. The highest BCUT2D eigenvalue weighted by Crippen LogP contribution is 2.20. The molecule has 0 aromatic heterocycles. The molecule has 1 aromatic carbocycles. The van der Waals surface area contributed by atoms with Crippen molar-refractivity contribution < 1.29 is 17.9 Å². The highest BCUT2D eigenvalue weighted by atomic mass is 32.2.